The number of alkyl halides is 3. The molecule has 34 heavy (non-hydrogen) atoms. The number of ether oxygens (including phenoxy) is 2. The molecule has 0 spiro atoms. The van der Waals surface area contributed by atoms with Crippen molar-refractivity contribution in [3.05, 3.63) is 65.2 Å². The summed E-state index contributed by atoms with van der Waals surface area (Å²) >= 11 is 0. The van der Waals surface area contributed by atoms with Crippen molar-refractivity contribution in [3.8, 4) is 5.75 Å². The summed E-state index contributed by atoms with van der Waals surface area (Å²) in [6.07, 6.45) is -4.18. The first-order valence-corrected chi connectivity index (χ1v) is 11.0. The Bertz CT molecular complexity index is 983. The first-order valence-electron chi connectivity index (χ1n) is 11.0. The van der Waals surface area contributed by atoms with Crippen LogP contribution in [0, 0.1) is 5.92 Å². The van der Waals surface area contributed by atoms with Crippen molar-refractivity contribution in [2.24, 2.45) is 5.92 Å². The third-order valence-corrected chi connectivity index (χ3v) is 5.29. The Morgan fingerprint density at radius 1 is 1.00 bits per heavy atom. The van der Waals surface area contributed by atoms with Gasteiger partial charge in [0.15, 0.2) is 0 Å². The molecule has 0 radical (unpaired) electrons. The van der Waals surface area contributed by atoms with Gasteiger partial charge in [0.25, 0.3) is 0 Å². The molecule has 1 heterocycles. The lowest BCUT2D eigenvalue weighted by Gasteiger charge is -2.24. The first kappa shape index (κ1) is 25.4. The summed E-state index contributed by atoms with van der Waals surface area (Å²) in [4.78, 5) is 26.2. The molecule has 2 aromatic rings. The molecular formula is C25H29F3N2O4. The Labute approximate surface area is 197 Å². The van der Waals surface area contributed by atoms with E-state index in [4.69, 9.17) is 9.47 Å². The van der Waals surface area contributed by atoms with E-state index >= 15 is 0 Å². The summed E-state index contributed by atoms with van der Waals surface area (Å²) in [5.41, 5.74) is 0.224. The van der Waals surface area contributed by atoms with Crippen molar-refractivity contribution in [2.45, 2.75) is 52.1 Å². The van der Waals surface area contributed by atoms with Gasteiger partial charge < -0.3 is 19.7 Å². The largest absolute Gasteiger partial charge is 0.489 e. The van der Waals surface area contributed by atoms with Crippen LogP contribution in [0.3, 0.4) is 0 Å². The number of carbonyl (C=O) groups excluding carboxylic acids is 2. The molecule has 2 amide bonds. The highest BCUT2D eigenvalue weighted by Gasteiger charge is 2.33. The maximum atomic E-state index is 12.6. The first-order chi connectivity index (χ1) is 15.9. The lowest BCUT2D eigenvalue weighted by atomic mass is 10.1. The Hall–Kier alpha value is -3.23. The summed E-state index contributed by atoms with van der Waals surface area (Å²) in [6.45, 7) is 6.70. The molecule has 9 heteroatoms. The van der Waals surface area contributed by atoms with Crippen LogP contribution in [0.2, 0.25) is 0 Å². The van der Waals surface area contributed by atoms with E-state index in [1.807, 2.05) is 12.1 Å². The van der Waals surface area contributed by atoms with E-state index in [-0.39, 0.29) is 18.4 Å². The fourth-order valence-electron chi connectivity index (χ4n) is 3.46. The summed E-state index contributed by atoms with van der Waals surface area (Å²) in [7, 11) is 0. The van der Waals surface area contributed by atoms with Crippen molar-refractivity contribution in [1.82, 2.24) is 10.2 Å². The Morgan fingerprint density at radius 3 is 2.21 bits per heavy atom. The van der Waals surface area contributed by atoms with Gasteiger partial charge >= 0.3 is 12.3 Å². The molecule has 1 atom stereocenters. The predicted octanol–water partition coefficient (Wildman–Crippen LogP) is 5.16. The fraction of sp³-hybridized carbons (Fsp3) is 0.440. The number of hydrogen-bond donors (Lipinski definition) is 1. The van der Waals surface area contributed by atoms with E-state index in [2.05, 4.69) is 5.32 Å². The normalized spacial score (nSPS) is 16.3. The second-order valence-electron chi connectivity index (χ2n) is 9.26. The molecule has 0 unspecified atom stereocenters. The molecule has 3 rings (SSSR count). The van der Waals surface area contributed by atoms with Gasteiger partial charge in [-0.1, -0.05) is 24.3 Å². The molecule has 0 saturated carbocycles. The maximum Gasteiger partial charge on any atom is 0.416 e. The third kappa shape index (κ3) is 7.40. The van der Waals surface area contributed by atoms with Gasteiger partial charge in [-0.15, -0.1) is 0 Å². The van der Waals surface area contributed by atoms with Gasteiger partial charge in [-0.25, -0.2) is 4.79 Å². The molecule has 0 aliphatic carbocycles. The number of nitrogens with one attached hydrogen (secondary N) is 1. The Kier molecular flexibility index (Phi) is 7.74. The summed E-state index contributed by atoms with van der Waals surface area (Å²) in [5, 5.41) is 2.89. The Balaban J connectivity index is 1.42. The van der Waals surface area contributed by atoms with E-state index < -0.39 is 23.4 Å². The van der Waals surface area contributed by atoms with Gasteiger partial charge in [0.1, 0.15) is 18.0 Å². The molecule has 0 aromatic heterocycles. The van der Waals surface area contributed by atoms with Gasteiger partial charge in [-0.3, -0.25) is 4.79 Å². The second kappa shape index (κ2) is 10.4. The predicted molar refractivity (Wildman–Crippen MR) is 120 cm³/mol. The van der Waals surface area contributed by atoms with Crippen LogP contribution in [0.1, 0.15) is 43.9 Å². The number of nitrogens with zero attached hydrogens (tertiary/aromatic N) is 1. The molecule has 1 fully saturated rings. The van der Waals surface area contributed by atoms with Gasteiger partial charge in [0.05, 0.1) is 11.5 Å². The van der Waals surface area contributed by atoms with Crippen LogP contribution in [0.4, 0.5) is 18.0 Å². The standard InChI is InChI=1S/C25H29F3N2O4/c1-24(2,3)34-23(32)30-13-12-19(15-30)22(31)29-14-17-6-10-21(11-7-17)33-16-18-4-8-20(9-5-18)25(26,27)28/h4-11,19H,12-16H2,1-3H3,(H,29,31)/t19-/m0/s1. The number of carbonyl (C=O) groups is 2. The van der Waals surface area contributed by atoms with Crippen molar-refractivity contribution in [1.29, 1.82) is 0 Å². The molecule has 6 nitrogen and oxygen atoms in total. The number of amides is 2. The van der Waals surface area contributed by atoms with Crippen LogP contribution in [0.15, 0.2) is 48.5 Å². The smallest absolute Gasteiger partial charge is 0.416 e. The fourth-order valence-corrected chi connectivity index (χ4v) is 3.46. The molecule has 2 aromatic carbocycles. The zero-order valence-corrected chi connectivity index (χ0v) is 19.4. The van der Waals surface area contributed by atoms with Crippen LogP contribution < -0.4 is 10.1 Å². The highest BCUT2D eigenvalue weighted by molar-refractivity contribution is 5.80. The second-order valence-corrected chi connectivity index (χ2v) is 9.26. The van der Waals surface area contributed by atoms with Gasteiger partial charge in [0.2, 0.25) is 5.91 Å². The Morgan fingerprint density at radius 2 is 1.62 bits per heavy atom. The van der Waals surface area contributed by atoms with Crippen molar-refractivity contribution in [3.63, 3.8) is 0 Å². The topological polar surface area (TPSA) is 67.9 Å². The van der Waals surface area contributed by atoms with E-state index in [1.165, 1.54) is 12.1 Å². The maximum absolute atomic E-state index is 12.6. The van der Waals surface area contributed by atoms with Crippen molar-refractivity contribution < 1.29 is 32.2 Å². The zero-order valence-electron chi connectivity index (χ0n) is 19.4. The number of hydrogen-bond acceptors (Lipinski definition) is 4. The molecule has 184 valence electrons. The lowest BCUT2D eigenvalue weighted by molar-refractivity contribution is -0.137. The number of likely N-dealkylation sites (tertiary alicyclic amines) is 1. The van der Waals surface area contributed by atoms with E-state index in [0.29, 0.717) is 37.4 Å². The van der Waals surface area contributed by atoms with Gasteiger partial charge in [-0.05, 0) is 62.6 Å². The average Bonchev–Trinajstić information content (AvgIpc) is 3.26. The lowest BCUT2D eigenvalue weighted by Crippen LogP contribution is -2.37. The summed E-state index contributed by atoms with van der Waals surface area (Å²) in [6, 6.07) is 11.9. The van der Waals surface area contributed by atoms with Crippen molar-refractivity contribution >= 4 is 12.0 Å². The summed E-state index contributed by atoms with van der Waals surface area (Å²) < 4.78 is 48.9. The van der Waals surface area contributed by atoms with E-state index in [9.17, 15) is 22.8 Å². The van der Waals surface area contributed by atoms with E-state index in [0.717, 1.165) is 17.7 Å². The molecule has 1 aliphatic rings. The summed E-state index contributed by atoms with van der Waals surface area (Å²) in [5.74, 6) is 0.173. The molecule has 0 bridgehead atoms. The molecule has 1 aliphatic heterocycles. The molecule has 1 N–H and O–H groups in total. The van der Waals surface area contributed by atoms with Crippen LogP contribution >= 0.6 is 0 Å². The average molecular weight is 479 g/mol. The molecule has 1 saturated heterocycles. The monoisotopic (exact) mass is 478 g/mol. The minimum Gasteiger partial charge on any atom is -0.489 e. The number of benzene rings is 2. The third-order valence-electron chi connectivity index (χ3n) is 5.29. The van der Waals surface area contributed by atoms with Crippen LogP contribution in [0.5, 0.6) is 5.75 Å². The minimum atomic E-state index is -4.36. The van der Waals surface area contributed by atoms with Gasteiger partial charge in [-0.2, -0.15) is 13.2 Å². The number of halogens is 3. The zero-order chi connectivity index (χ0) is 24.9. The van der Waals surface area contributed by atoms with Gasteiger partial charge in [0, 0.05) is 19.6 Å². The highest BCUT2D eigenvalue weighted by Crippen LogP contribution is 2.29. The van der Waals surface area contributed by atoms with Crippen LogP contribution in [0.25, 0.3) is 0 Å². The molecular weight excluding hydrogens is 449 g/mol. The SMILES string of the molecule is CC(C)(C)OC(=O)N1CC[C@H](C(=O)NCc2ccc(OCc3ccc(C(F)(F)F)cc3)cc2)C1. The number of rotatable bonds is 6. The van der Waals surface area contributed by atoms with Crippen molar-refractivity contribution in [2.75, 3.05) is 13.1 Å². The highest BCUT2D eigenvalue weighted by atomic mass is 19.4. The van der Waals surface area contributed by atoms with Crippen LogP contribution in [-0.2, 0) is 28.9 Å². The van der Waals surface area contributed by atoms with Crippen LogP contribution in [-0.4, -0.2) is 35.6 Å². The van der Waals surface area contributed by atoms with E-state index in [1.54, 1.807) is 37.8 Å². The minimum absolute atomic E-state index is 0.117. The quantitative estimate of drug-likeness (QED) is 0.623.